The van der Waals surface area contributed by atoms with Gasteiger partial charge in [-0.3, -0.25) is 4.90 Å². The average molecular weight is 549 g/mol. The maximum absolute atomic E-state index is 6.32. The summed E-state index contributed by atoms with van der Waals surface area (Å²) >= 11 is 0. The molecule has 4 aliphatic rings. The van der Waals surface area contributed by atoms with Crippen molar-refractivity contribution in [3.8, 4) is 17.1 Å². The number of nitrogens with two attached hydrogens (primary N) is 1. The largest absolute Gasteiger partial charge is 0.380 e. The number of hydrogen-bond donors (Lipinski definition) is 2. The summed E-state index contributed by atoms with van der Waals surface area (Å²) in [6.45, 7) is 4.33. The highest BCUT2D eigenvalue weighted by atomic mass is 16.5. The number of anilines is 3. The number of likely N-dealkylation sites (tertiary alicyclic amines) is 1. The minimum atomic E-state index is 0.286. The maximum Gasteiger partial charge on any atom is 0.248 e. The van der Waals surface area contributed by atoms with E-state index in [1.165, 1.54) is 60.2 Å². The van der Waals surface area contributed by atoms with Crippen molar-refractivity contribution in [1.82, 2.24) is 29.9 Å². The fourth-order valence-corrected chi connectivity index (χ4v) is 7.29. The summed E-state index contributed by atoms with van der Waals surface area (Å²) in [6, 6.07) is 17.8. The molecule has 9 heteroatoms. The molecule has 2 fully saturated rings. The van der Waals surface area contributed by atoms with Crippen molar-refractivity contribution in [1.29, 1.82) is 0 Å². The lowest BCUT2D eigenvalue weighted by atomic mass is 9.85. The number of aromatic nitrogens is 5. The lowest BCUT2D eigenvalue weighted by Crippen LogP contribution is -2.46. The summed E-state index contributed by atoms with van der Waals surface area (Å²) in [7, 11) is 0. The van der Waals surface area contributed by atoms with Gasteiger partial charge in [-0.1, -0.05) is 30.3 Å². The second kappa shape index (κ2) is 9.92. The molecule has 1 spiro atoms. The molecule has 41 heavy (non-hydrogen) atoms. The molecule has 3 N–H and O–H groups in total. The zero-order valence-corrected chi connectivity index (χ0v) is 23.4. The van der Waals surface area contributed by atoms with Crippen molar-refractivity contribution < 1.29 is 4.74 Å². The van der Waals surface area contributed by atoms with E-state index < -0.39 is 0 Å². The Morgan fingerprint density at radius 1 is 0.902 bits per heavy atom. The molecule has 8 rings (SSSR count). The van der Waals surface area contributed by atoms with E-state index in [1.54, 1.807) is 4.68 Å². The molecule has 2 aromatic heterocycles. The van der Waals surface area contributed by atoms with Gasteiger partial charge in [-0.25, -0.2) is 0 Å². The SMILES string of the molecule is Nc1nc(Nc2ccc3c(c2)CC[C@H](N2CCC4(COC4)C2)CC3)nn1-c1cc2c(nn1)-c1ccccc1CCC2. The normalized spacial score (nSPS) is 21.3. The summed E-state index contributed by atoms with van der Waals surface area (Å²) in [5, 5.41) is 17.2. The van der Waals surface area contributed by atoms with Crippen molar-refractivity contribution in [2.75, 3.05) is 37.4 Å². The molecular weight excluding hydrogens is 512 g/mol. The number of rotatable bonds is 4. The fraction of sp³-hybridized carbons (Fsp3) is 0.438. The minimum absolute atomic E-state index is 0.286. The fourth-order valence-electron chi connectivity index (χ4n) is 7.29. The van der Waals surface area contributed by atoms with Crippen LogP contribution in [0.4, 0.5) is 17.6 Å². The summed E-state index contributed by atoms with van der Waals surface area (Å²) in [6.07, 6.45) is 8.99. The van der Waals surface area contributed by atoms with Gasteiger partial charge in [0.25, 0.3) is 0 Å². The smallest absolute Gasteiger partial charge is 0.248 e. The highest BCUT2D eigenvalue weighted by molar-refractivity contribution is 5.68. The van der Waals surface area contributed by atoms with Gasteiger partial charge in [0, 0.05) is 29.3 Å². The molecule has 1 atom stereocenters. The molecule has 0 radical (unpaired) electrons. The van der Waals surface area contributed by atoms with E-state index >= 15 is 0 Å². The summed E-state index contributed by atoms with van der Waals surface area (Å²) in [4.78, 5) is 7.24. The standard InChI is InChI=1S/C32H36N8O/c33-30-35-31(38-40(30)28-17-24-6-3-5-22-4-1-2-7-27(22)29(24)37-36-28)34-25-11-8-21-9-12-26(13-10-23(21)16-25)39-15-14-32(18-39)19-41-20-32/h1-2,4,7-8,11,16-17,26H,3,5-6,9-10,12-15,18-20H2,(H3,33,34,35,38)/t26-/m1/s1. The third kappa shape index (κ3) is 4.57. The number of aryl methyl sites for hydroxylation is 4. The van der Waals surface area contributed by atoms with Crippen LogP contribution in [-0.2, 0) is 30.4 Å². The molecule has 4 heterocycles. The Morgan fingerprint density at radius 2 is 1.76 bits per heavy atom. The van der Waals surface area contributed by atoms with Crippen LogP contribution in [0.15, 0.2) is 48.5 Å². The number of ether oxygens (including phenoxy) is 1. The van der Waals surface area contributed by atoms with E-state index in [0.29, 0.717) is 23.2 Å². The number of nitrogens with zero attached hydrogens (tertiary/aromatic N) is 6. The van der Waals surface area contributed by atoms with Crippen LogP contribution < -0.4 is 11.1 Å². The number of nitrogen functional groups attached to an aromatic ring is 1. The van der Waals surface area contributed by atoms with Crippen LogP contribution in [0.1, 0.15) is 47.9 Å². The van der Waals surface area contributed by atoms with E-state index in [9.17, 15) is 0 Å². The third-order valence-corrected chi connectivity index (χ3v) is 9.63. The Labute approximate surface area is 240 Å². The van der Waals surface area contributed by atoms with Crippen molar-refractivity contribution in [2.45, 2.75) is 57.4 Å². The van der Waals surface area contributed by atoms with E-state index in [1.807, 2.05) is 0 Å². The van der Waals surface area contributed by atoms with Crippen molar-refractivity contribution >= 4 is 17.6 Å². The van der Waals surface area contributed by atoms with Gasteiger partial charge < -0.3 is 15.8 Å². The van der Waals surface area contributed by atoms with Crippen LogP contribution in [0, 0.1) is 5.41 Å². The lowest BCUT2D eigenvalue weighted by molar-refractivity contribution is -0.106. The van der Waals surface area contributed by atoms with Gasteiger partial charge in [0.2, 0.25) is 11.9 Å². The van der Waals surface area contributed by atoms with Crippen LogP contribution in [0.5, 0.6) is 0 Å². The van der Waals surface area contributed by atoms with Crippen LogP contribution >= 0.6 is 0 Å². The van der Waals surface area contributed by atoms with E-state index in [4.69, 9.17) is 10.5 Å². The second-order valence-electron chi connectivity index (χ2n) is 12.3. The molecule has 210 valence electrons. The maximum atomic E-state index is 6.32. The highest BCUT2D eigenvalue weighted by Crippen LogP contribution is 2.40. The number of nitrogens with one attached hydrogen (secondary N) is 1. The summed E-state index contributed by atoms with van der Waals surface area (Å²) in [5.41, 5.74) is 15.2. The number of fused-ring (bicyclic) bond motifs is 4. The van der Waals surface area contributed by atoms with Crippen molar-refractivity contribution in [3.63, 3.8) is 0 Å². The van der Waals surface area contributed by atoms with Crippen LogP contribution in [-0.4, -0.2) is 62.2 Å². The van der Waals surface area contributed by atoms with E-state index in [2.05, 4.69) is 79.0 Å². The van der Waals surface area contributed by atoms with Crippen LogP contribution in [0.3, 0.4) is 0 Å². The lowest BCUT2D eigenvalue weighted by Gasteiger charge is -2.39. The molecule has 2 aliphatic carbocycles. The van der Waals surface area contributed by atoms with Gasteiger partial charge in [-0.2, -0.15) is 9.67 Å². The molecule has 2 saturated heterocycles. The molecule has 2 aliphatic heterocycles. The third-order valence-electron chi connectivity index (χ3n) is 9.63. The molecule has 0 bridgehead atoms. The summed E-state index contributed by atoms with van der Waals surface area (Å²) in [5.74, 6) is 1.33. The quantitative estimate of drug-likeness (QED) is 0.359. The van der Waals surface area contributed by atoms with Crippen molar-refractivity contribution in [2.24, 2.45) is 5.41 Å². The van der Waals surface area contributed by atoms with Gasteiger partial charge in [0.15, 0.2) is 5.82 Å². The predicted octanol–water partition coefficient (Wildman–Crippen LogP) is 4.51. The topological polar surface area (TPSA) is 107 Å². The predicted molar refractivity (Wildman–Crippen MR) is 158 cm³/mol. The summed E-state index contributed by atoms with van der Waals surface area (Å²) < 4.78 is 7.13. The van der Waals surface area contributed by atoms with Crippen LogP contribution in [0.2, 0.25) is 0 Å². The average Bonchev–Trinajstić information content (AvgIpc) is 3.45. The molecule has 2 aromatic carbocycles. The second-order valence-corrected chi connectivity index (χ2v) is 12.3. The molecule has 4 aromatic rings. The first-order chi connectivity index (χ1) is 20.1. The first-order valence-electron chi connectivity index (χ1n) is 15.0. The molecule has 0 saturated carbocycles. The Bertz CT molecular complexity index is 1610. The van der Waals surface area contributed by atoms with E-state index in [-0.39, 0.29) is 5.95 Å². The molecular formula is C32H36N8O. The Hall–Kier alpha value is -3.82. The minimum Gasteiger partial charge on any atom is -0.380 e. The van der Waals surface area contributed by atoms with E-state index in [0.717, 1.165) is 56.7 Å². The van der Waals surface area contributed by atoms with Gasteiger partial charge in [0.1, 0.15) is 0 Å². The Balaban J connectivity index is 0.984. The first-order valence-corrected chi connectivity index (χ1v) is 15.0. The molecule has 9 nitrogen and oxygen atoms in total. The number of benzene rings is 2. The number of hydrogen-bond acceptors (Lipinski definition) is 8. The molecule has 0 unspecified atom stereocenters. The monoisotopic (exact) mass is 548 g/mol. The van der Waals surface area contributed by atoms with Crippen molar-refractivity contribution in [3.05, 3.63) is 70.8 Å². The first kappa shape index (κ1) is 24.9. The highest BCUT2D eigenvalue weighted by Gasteiger charge is 2.45. The Morgan fingerprint density at radius 3 is 2.61 bits per heavy atom. The zero-order chi connectivity index (χ0) is 27.4. The van der Waals surface area contributed by atoms with Gasteiger partial charge >= 0.3 is 0 Å². The van der Waals surface area contributed by atoms with Crippen LogP contribution in [0.25, 0.3) is 17.1 Å². The Kier molecular flexibility index (Phi) is 6.03. The zero-order valence-electron chi connectivity index (χ0n) is 23.4. The van der Waals surface area contributed by atoms with Gasteiger partial charge in [-0.05, 0) is 98.4 Å². The van der Waals surface area contributed by atoms with Gasteiger partial charge in [-0.15, -0.1) is 15.3 Å². The van der Waals surface area contributed by atoms with Gasteiger partial charge in [0.05, 0.1) is 18.9 Å². The molecule has 0 amide bonds.